The zero-order chi connectivity index (χ0) is 35.6. The number of methoxy groups -OCH3 is 1. The molecule has 0 saturated carbocycles. The molecule has 5 aromatic rings. The highest BCUT2D eigenvalue weighted by atomic mass is 28.4. The fourth-order valence-electron chi connectivity index (χ4n) is 4.88. The van der Waals surface area contributed by atoms with Gasteiger partial charge >= 0.3 is 6.18 Å². The largest absolute Gasteiger partial charge is 0.497 e. The number of hydrogen-bond donors (Lipinski definition) is 1. The maximum absolute atomic E-state index is 14.2. The van der Waals surface area contributed by atoms with Crippen LogP contribution in [-0.4, -0.2) is 41.1 Å². The van der Waals surface area contributed by atoms with Crippen LogP contribution in [0.25, 0.3) is 10.9 Å². The number of benzene rings is 2. The average Bonchev–Trinajstić information content (AvgIpc) is 3.49. The van der Waals surface area contributed by atoms with E-state index in [-0.39, 0.29) is 17.5 Å². The average molecular weight is 691 g/mol. The zero-order valence-corrected chi connectivity index (χ0v) is 29.7. The number of ether oxygens (including phenoxy) is 1. The predicted octanol–water partition coefficient (Wildman–Crippen LogP) is 8.37. The zero-order valence-electron chi connectivity index (χ0n) is 28.7. The van der Waals surface area contributed by atoms with Crippen molar-refractivity contribution in [1.29, 1.82) is 0 Å². The number of pyridine rings is 2. The normalized spacial score (nSPS) is 12.3. The minimum absolute atomic E-state index is 0.0109. The van der Waals surface area contributed by atoms with E-state index in [0.717, 1.165) is 34.5 Å². The molecule has 49 heavy (non-hydrogen) atoms. The molecule has 2 aromatic carbocycles. The van der Waals surface area contributed by atoms with Gasteiger partial charge < -0.3 is 14.5 Å². The van der Waals surface area contributed by atoms with E-state index in [1.165, 1.54) is 17.2 Å². The number of nitrogens with one attached hydrogen (secondary N) is 1. The standard InChI is InChI=1S/C36H41F3N6O3Si/c1-35(2,3)49(6,7)48-23-26-17-33(41-18-24-8-13-30(47-5)14-9-24)43-32-15-10-25(16-31(26)32)34(46)45(29-20-42-44(4)22-29)21-28-12-11-27(19-40-28)36(37,38)39/h8-17,19-20,22H,18,21,23H2,1-7H3,(H,41,43). The lowest BCUT2D eigenvalue weighted by Crippen LogP contribution is -2.40. The number of carbonyl (C=O) groups excluding carboxylic acids is 1. The molecule has 3 aromatic heterocycles. The van der Waals surface area contributed by atoms with Gasteiger partial charge in [-0.15, -0.1) is 0 Å². The van der Waals surface area contributed by atoms with Crippen LogP contribution in [0.15, 0.2) is 79.3 Å². The monoisotopic (exact) mass is 690 g/mol. The first-order valence-electron chi connectivity index (χ1n) is 15.8. The number of aromatic nitrogens is 4. The molecule has 258 valence electrons. The van der Waals surface area contributed by atoms with E-state index in [1.54, 1.807) is 43.2 Å². The van der Waals surface area contributed by atoms with Crippen LogP contribution in [0.2, 0.25) is 18.1 Å². The van der Waals surface area contributed by atoms with Crippen LogP contribution in [0.4, 0.5) is 24.7 Å². The highest BCUT2D eigenvalue weighted by molar-refractivity contribution is 6.74. The van der Waals surface area contributed by atoms with Gasteiger partial charge in [-0.3, -0.25) is 19.4 Å². The molecule has 0 aliphatic carbocycles. The van der Waals surface area contributed by atoms with Gasteiger partial charge in [-0.2, -0.15) is 18.3 Å². The molecular formula is C36H41F3N6O3Si. The van der Waals surface area contributed by atoms with E-state index in [4.69, 9.17) is 14.1 Å². The van der Waals surface area contributed by atoms with Crippen molar-refractivity contribution in [2.75, 3.05) is 17.3 Å². The van der Waals surface area contributed by atoms with E-state index in [1.807, 2.05) is 30.3 Å². The maximum atomic E-state index is 14.2. The molecule has 0 fully saturated rings. The molecule has 13 heteroatoms. The fourth-order valence-corrected chi connectivity index (χ4v) is 5.83. The molecule has 0 saturated heterocycles. The van der Waals surface area contributed by atoms with E-state index >= 15 is 0 Å². The van der Waals surface area contributed by atoms with E-state index < -0.39 is 20.1 Å². The highest BCUT2D eigenvalue weighted by Gasteiger charge is 2.37. The third-order valence-electron chi connectivity index (χ3n) is 8.89. The van der Waals surface area contributed by atoms with Crippen molar-refractivity contribution in [3.63, 3.8) is 0 Å². The lowest BCUT2D eigenvalue weighted by molar-refractivity contribution is -0.137. The number of amides is 1. The minimum Gasteiger partial charge on any atom is -0.497 e. The van der Waals surface area contributed by atoms with Crippen LogP contribution in [0.5, 0.6) is 5.75 Å². The van der Waals surface area contributed by atoms with Crippen LogP contribution in [0.1, 0.15) is 53.5 Å². The third-order valence-corrected chi connectivity index (χ3v) is 13.4. The van der Waals surface area contributed by atoms with Gasteiger partial charge in [0.2, 0.25) is 0 Å². The molecule has 0 aliphatic rings. The second kappa shape index (κ2) is 14.0. The number of anilines is 2. The summed E-state index contributed by atoms with van der Waals surface area (Å²) in [5, 5.41) is 8.38. The van der Waals surface area contributed by atoms with Crippen molar-refractivity contribution < 1.29 is 27.1 Å². The van der Waals surface area contributed by atoms with Crippen molar-refractivity contribution in [2.24, 2.45) is 7.05 Å². The number of halogens is 3. The Morgan fingerprint density at radius 1 is 1.00 bits per heavy atom. The van der Waals surface area contributed by atoms with Crippen molar-refractivity contribution in [1.82, 2.24) is 19.7 Å². The summed E-state index contributed by atoms with van der Waals surface area (Å²) in [7, 11) is 1.21. The molecule has 0 spiro atoms. The Labute approximate surface area is 285 Å². The summed E-state index contributed by atoms with van der Waals surface area (Å²) in [5.74, 6) is 1.08. The summed E-state index contributed by atoms with van der Waals surface area (Å²) >= 11 is 0. The van der Waals surface area contributed by atoms with Gasteiger partial charge in [0, 0.05) is 36.9 Å². The SMILES string of the molecule is COc1ccc(CNc2cc(CO[Si](C)(C)C(C)(C)C)c3cc(C(=O)N(Cc4ccc(C(F)(F)F)cn4)c4cnn(C)c4)ccc3n2)cc1. The van der Waals surface area contributed by atoms with E-state index in [9.17, 15) is 18.0 Å². The highest BCUT2D eigenvalue weighted by Crippen LogP contribution is 2.38. The van der Waals surface area contributed by atoms with Gasteiger partial charge in [0.05, 0.1) is 48.9 Å². The van der Waals surface area contributed by atoms with Gasteiger partial charge in [-0.1, -0.05) is 32.9 Å². The van der Waals surface area contributed by atoms with Crippen molar-refractivity contribution in [3.8, 4) is 5.75 Å². The second-order valence-electron chi connectivity index (χ2n) is 13.4. The Morgan fingerprint density at radius 3 is 2.33 bits per heavy atom. The molecule has 1 N–H and O–H groups in total. The molecule has 1 amide bonds. The number of hydrogen-bond acceptors (Lipinski definition) is 7. The molecule has 3 heterocycles. The summed E-state index contributed by atoms with van der Waals surface area (Å²) in [5.41, 5.74) is 2.90. The molecule has 0 unspecified atom stereocenters. The Bertz CT molecular complexity index is 1920. The molecule has 0 bridgehead atoms. The summed E-state index contributed by atoms with van der Waals surface area (Å²) in [6.45, 7) is 11.7. The smallest absolute Gasteiger partial charge is 0.417 e. The van der Waals surface area contributed by atoms with Crippen LogP contribution in [0, 0.1) is 0 Å². The van der Waals surface area contributed by atoms with Crippen molar-refractivity contribution in [3.05, 3.63) is 107 Å². The number of aryl methyl sites for hydroxylation is 1. The van der Waals surface area contributed by atoms with E-state index in [2.05, 4.69) is 49.3 Å². The molecule has 0 radical (unpaired) electrons. The first-order chi connectivity index (χ1) is 23.0. The van der Waals surface area contributed by atoms with Gasteiger partial charge in [-0.05, 0) is 77.8 Å². The predicted molar refractivity (Wildman–Crippen MR) is 187 cm³/mol. The van der Waals surface area contributed by atoms with Gasteiger partial charge in [0.25, 0.3) is 5.91 Å². The molecular weight excluding hydrogens is 650 g/mol. The molecule has 5 rings (SSSR count). The summed E-state index contributed by atoms with van der Waals surface area (Å²) in [4.78, 5) is 24.5. The number of alkyl halides is 3. The topological polar surface area (TPSA) is 94.4 Å². The Hall–Kier alpha value is -4.75. The maximum Gasteiger partial charge on any atom is 0.417 e. The van der Waals surface area contributed by atoms with Crippen LogP contribution < -0.4 is 15.0 Å². The number of rotatable bonds is 11. The van der Waals surface area contributed by atoms with E-state index in [0.29, 0.717) is 41.4 Å². The Morgan fingerprint density at radius 2 is 1.73 bits per heavy atom. The summed E-state index contributed by atoms with van der Waals surface area (Å²) in [6, 6.07) is 17.3. The van der Waals surface area contributed by atoms with Gasteiger partial charge in [-0.25, -0.2) is 4.98 Å². The Balaban J connectivity index is 1.49. The summed E-state index contributed by atoms with van der Waals surface area (Å²) in [6.07, 6.45) is -0.536. The van der Waals surface area contributed by atoms with Crippen molar-refractivity contribution in [2.45, 2.75) is 64.8 Å². The minimum atomic E-state index is -4.51. The third kappa shape index (κ3) is 8.46. The Kier molecular flexibility index (Phi) is 10.2. The second-order valence-corrected chi connectivity index (χ2v) is 18.3. The van der Waals surface area contributed by atoms with Crippen LogP contribution in [0.3, 0.4) is 0 Å². The van der Waals surface area contributed by atoms with Crippen LogP contribution >= 0.6 is 0 Å². The molecule has 9 nitrogen and oxygen atoms in total. The quantitative estimate of drug-likeness (QED) is 0.139. The van der Waals surface area contributed by atoms with Gasteiger partial charge in [0.1, 0.15) is 11.6 Å². The summed E-state index contributed by atoms with van der Waals surface area (Å²) < 4.78 is 53.0. The first kappa shape index (κ1) is 35.6. The van der Waals surface area contributed by atoms with Gasteiger partial charge in [0.15, 0.2) is 8.32 Å². The number of fused-ring (bicyclic) bond motifs is 1. The molecule has 0 aliphatic heterocycles. The lowest BCUT2D eigenvalue weighted by atomic mass is 10.0. The first-order valence-corrected chi connectivity index (χ1v) is 18.7. The van der Waals surface area contributed by atoms with Crippen molar-refractivity contribution >= 4 is 36.6 Å². The molecule has 0 atom stereocenters. The lowest BCUT2D eigenvalue weighted by Gasteiger charge is -2.36. The number of carbonyl (C=O) groups is 1. The number of nitrogens with zero attached hydrogens (tertiary/aromatic N) is 5. The van der Waals surface area contributed by atoms with Crippen LogP contribution in [-0.2, 0) is 37.3 Å². The fraction of sp³-hybridized carbons (Fsp3) is 0.333.